The number of nitrogens with zero attached hydrogens (tertiary/aromatic N) is 2. The Morgan fingerprint density at radius 2 is 2.31 bits per heavy atom. The Labute approximate surface area is 98.0 Å². The summed E-state index contributed by atoms with van der Waals surface area (Å²) in [5.41, 5.74) is -0.0131. The van der Waals surface area contributed by atoms with Crippen LogP contribution in [0.2, 0.25) is 5.02 Å². The number of ether oxygens (including phenoxy) is 1. The summed E-state index contributed by atoms with van der Waals surface area (Å²) in [5, 5.41) is 4.10. The molecule has 0 saturated carbocycles. The number of carbonyl (C=O) groups excluding carboxylic acids is 1. The molecule has 88 valence electrons. The van der Waals surface area contributed by atoms with Gasteiger partial charge in [-0.15, -0.1) is 0 Å². The fourth-order valence-electron chi connectivity index (χ4n) is 1.17. The molecule has 1 unspecified atom stereocenters. The van der Waals surface area contributed by atoms with E-state index in [1.54, 1.807) is 20.8 Å². The highest BCUT2D eigenvalue weighted by Crippen LogP contribution is 2.10. The van der Waals surface area contributed by atoms with E-state index in [4.69, 9.17) is 16.3 Å². The van der Waals surface area contributed by atoms with E-state index in [1.165, 1.54) is 6.20 Å². The lowest BCUT2D eigenvalue weighted by atomic mass is 10.3. The number of aromatic nitrogens is 2. The lowest BCUT2D eigenvalue weighted by Gasteiger charge is -2.12. The lowest BCUT2D eigenvalue weighted by molar-refractivity contribution is -0.147. The van der Waals surface area contributed by atoms with E-state index in [0.29, 0.717) is 5.56 Å². The van der Waals surface area contributed by atoms with Gasteiger partial charge in [0.25, 0.3) is 5.56 Å². The molecule has 0 saturated heterocycles. The van der Waals surface area contributed by atoms with Crippen molar-refractivity contribution in [1.29, 1.82) is 0 Å². The largest absolute Gasteiger partial charge is 0.464 e. The number of carbonyl (C=O) groups is 1. The molecular formula is C10H13ClN2O3. The van der Waals surface area contributed by atoms with Crippen molar-refractivity contribution in [2.45, 2.75) is 26.8 Å². The van der Waals surface area contributed by atoms with Gasteiger partial charge < -0.3 is 4.74 Å². The number of rotatable bonds is 3. The van der Waals surface area contributed by atoms with E-state index >= 15 is 0 Å². The van der Waals surface area contributed by atoms with E-state index in [2.05, 4.69) is 5.10 Å². The van der Waals surface area contributed by atoms with Gasteiger partial charge in [-0.25, -0.2) is 9.48 Å². The summed E-state index contributed by atoms with van der Waals surface area (Å²) in [6.45, 7) is 5.11. The molecule has 1 atom stereocenters. The topological polar surface area (TPSA) is 61.2 Å². The lowest BCUT2D eigenvalue weighted by Crippen LogP contribution is -2.32. The summed E-state index contributed by atoms with van der Waals surface area (Å²) < 4.78 is 5.88. The van der Waals surface area contributed by atoms with Crippen molar-refractivity contribution in [3.8, 4) is 0 Å². The first kappa shape index (κ1) is 12.7. The second-order valence-corrected chi connectivity index (χ2v) is 3.70. The van der Waals surface area contributed by atoms with Crippen molar-refractivity contribution in [3.05, 3.63) is 27.1 Å². The standard InChI is InChI=1S/C10H13ClN2O3/c1-4-16-10(15)7(3)13-9(14)6(2)8(11)5-12-13/h5,7H,4H2,1-3H3. The fourth-order valence-corrected chi connectivity index (χ4v) is 1.30. The third-order valence-corrected chi connectivity index (χ3v) is 2.56. The molecule has 0 aliphatic carbocycles. The molecule has 0 bridgehead atoms. The molecule has 0 amide bonds. The van der Waals surface area contributed by atoms with Crippen molar-refractivity contribution in [1.82, 2.24) is 9.78 Å². The number of esters is 1. The Hall–Kier alpha value is -1.36. The van der Waals surface area contributed by atoms with E-state index in [-0.39, 0.29) is 17.2 Å². The Morgan fingerprint density at radius 3 is 2.88 bits per heavy atom. The molecule has 1 aromatic rings. The van der Waals surface area contributed by atoms with E-state index < -0.39 is 12.0 Å². The number of halogens is 1. The summed E-state index contributed by atoms with van der Waals surface area (Å²) in [4.78, 5) is 23.2. The van der Waals surface area contributed by atoms with Crippen LogP contribution in [0, 0.1) is 6.92 Å². The van der Waals surface area contributed by atoms with Gasteiger partial charge in [-0.05, 0) is 20.8 Å². The predicted molar refractivity (Wildman–Crippen MR) is 59.6 cm³/mol. The summed E-state index contributed by atoms with van der Waals surface area (Å²) >= 11 is 5.74. The molecule has 0 aromatic carbocycles. The smallest absolute Gasteiger partial charge is 0.330 e. The second-order valence-electron chi connectivity index (χ2n) is 3.30. The van der Waals surface area contributed by atoms with Gasteiger partial charge in [-0.3, -0.25) is 4.79 Å². The Balaban J connectivity index is 3.10. The van der Waals surface area contributed by atoms with Gasteiger partial charge in [0.2, 0.25) is 0 Å². The first-order valence-corrected chi connectivity index (χ1v) is 5.27. The Morgan fingerprint density at radius 1 is 1.69 bits per heavy atom. The van der Waals surface area contributed by atoms with Gasteiger partial charge in [0, 0.05) is 5.56 Å². The van der Waals surface area contributed by atoms with Crippen LogP contribution in [0.4, 0.5) is 0 Å². The van der Waals surface area contributed by atoms with Gasteiger partial charge in [0.1, 0.15) is 0 Å². The molecule has 0 spiro atoms. The van der Waals surface area contributed by atoms with E-state index in [0.717, 1.165) is 4.68 Å². The van der Waals surface area contributed by atoms with Crippen LogP contribution >= 0.6 is 11.6 Å². The van der Waals surface area contributed by atoms with Crippen LogP contribution in [0.1, 0.15) is 25.5 Å². The zero-order valence-corrected chi connectivity index (χ0v) is 10.1. The summed E-state index contributed by atoms with van der Waals surface area (Å²) in [5.74, 6) is -0.487. The minimum Gasteiger partial charge on any atom is -0.464 e. The monoisotopic (exact) mass is 244 g/mol. The van der Waals surface area contributed by atoms with Crippen LogP contribution in [0.5, 0.6) is 0 Å². The van der Waals surface area contributed by atoms with Gasteiger partial charge in [-0.1, -0.05) is 11.6 Å². The van der Waals surface area contributed by atoms with Gasteiger partial charge >= 0.3 is 5.97 Å². The minimum atomic E-state index is -0.747. The predicted octanol–water partition coefficient (Wildman–Crippen LogP) is 1.33. The third kappa shape index (κ3) is 2.41. The molecule has 0 aliphatic rings. The van der Waals surface area contributed by atoms with Crippen LogP contribution in [0.25, 0.3) is 0 Å². The molecular weight excluding hydrogens is 232 g/mol. The van der Waals surface area contributed by atoms with Crippen LogP contribution in [-0.4, -0.2) is 22.4 Å². The van der Waals surface area contributed by atoms with Crippen molar-refractivity contribution in [2.75, 3.05) is 6.61 Å². The van der Waals surface area contributed by atoms with Crippen molar-refractivity contribution in [3.63, 3.8) is 0 Å². The normalized spacial score (nSPS) is 12.2. The number of hydrogen-bond acceptors (Lipinski definition) is 4. The van der Waals surface area contributed by atoms with Crippen LogP contribution in [0.15, 0.2) is 11.0 Å². The molecule has 0 aliphatic heterocycles. The molecule has 6 heteroatoms. The summed E-state index contributed by atoms with van der Waals surface area (Å²) in [7, 11) is 0. The number of hydrogen-bond donors (Lipinski definition) is 0. The van der Waals surface area contributed by atoms with Crippen LogP contribution < -0.4 is 5.56 Å². The SMILES string of the molecule is CCOC(=O)C(C)n1ncc(Cl)c(C)c1=O. The van der Waals surface area contributed by atoms with Gasteiger partial charge in [-0.2, -0.15) is 5.10 Å². The van der Waals surface area contributed by atoms with E-state index in [1.807, 2.05) is 0 Å². The van der Waals surface area contributed by atoms with Crippen molar-refractivity contribution >= 4 is 17.6 Å². The van der Waals surface area contributed by atoms with Crippen molar-refractivity contribution in [2.24, 2.45) is 0 Å². The first-order valence-electron chi connectivity index (χ1n) is 4.89. The van der Waals surface area contributed by atoms with Crippen LogP contribution in [0.3, 0.4) is 0 Å². The van der Waals surface area contributed by atoms with E-state index in [9.17, 15) is 9.59 Å². The highest BCUT2D eigenvalue weighted by molar-refractivity contribution is 6.31. The zero-order chi connectivity index (χ0) is 12.3. The zero-order valence-electron chi connectivity index (χ0n) is 9.36. The molecule has 5 nitrogen and oxygen atoms in total. The molecule has 1 aromatic heterocycles. The first-order chi connectivity index (χ1) is 7.49. The molecule has 1 rings (SSSR count). The van der Waals surface area contributed by atoms with Gasteiger partial charge in [0.05, 0.1) is 17.8 Å². The quantitative estimate of drug-likeness (QED) is 0.753. The Bertz CT molecular complexity index is 456. The molecule has 0 N–H and O–H groups in total. The van der Waals surface area contributed by atoms with Gasteiger partial charge in [0.15, 0.2) is 6.04 Å². The summed E-state index contributed by atoms with van der Waals surface area (Å²) in [6.07, 6.45) is 1.34. The maximum Gasteiger partial charge on any atom is 0.330 e. The molecule has 0 fully saturated rings. The molecule has 16 heavy (non-hydrogen) atoms. The molecule has 0 radical (unpaired) electrons. The maximum atomic E-state index is 11.7. The van der Waals surface area contributed by atoms with Crippen molar-refractivity contribution < 1.29 is 9.53 Å². The average Bonchev–Trinajstić information content (AvgIpc) is 2.26. The highest BCUT2D eigenvalue weighted by atomic mass is 35.5. The highest BCUT2D eigenvalue weighted by Gasteiger charge is 2.19. The minimum absolute atomic E-state index is 0.268. The fraction of sp³-hybridized carbons (Fsp3) is 0.500. The maximum absolute atomic E-state index is 11.7. The van der Waals surface area contributed by atoms with Crippen LogP contribution in [-0.2, 0) is 9.53 Å². The summed E-state index contributed by atoms with van der Waals surface area (Å²) in [6, 6.07) is -0.747. The Kier molecular flexibility index (Phi) is 4.06. The second kappa shape index (κ2) is 5.12. The third-order valence-electron chi connectivity index (χ3n) is 2.18. The molecule has 1 heterocycles. The average molecular weight is 245 g/mol.